The number of imide groups is 1. The number of nitrogens with zero attached hydrogens (tertiary/aromatic N) is 3. The van der Waals surface area contributed by atoms with Crippen LogP contribution >= 0.6 is 0 Å². The van der Waals surface area contributed by atoms with Crippen molar-refractivity contribution in [2.75, 3.05) is 46.4 Å². The Balaban J connectivity index is 1.41. The molecule has 5 unspecified atom stereocenters. The van der Waals surface area contributed by atoms with Crippen molar-refractivity contribution >= 4 is 22.0 Å². The van der Waals surface area contributed by atoms with Crippen LogP contribution in [0.4, 0.5) is 9.18 Å². The van der Waals surface area contributed by atoms with Gasteiger partial charge in [-0.1, -0.05) is 6.92 Å². The van der Waals surface area contributed by atoms with Crippen molar-refractivity contribution in [2.24, 2.45) is 17.3 Å². The van der Waals surface area contributed by atoms with Crippen LogP contribution in [-0.4, -0.2) is 105 Å². The van der Waals surface area contributed by atoms with Gasteiger partial charge in [0, 0.05) is 62.6 Å². The Morgan fingerprint density at radius 3 is 2.47 bits per heavy atom. The summed E-state index contributed by atoms with van der Waals surface area (Å²) in [5.74, 6) is -1.04. The minimum atomic E-state index is -3.94. The molecule has 0 bridgehead atoms. The summed E-state index contributed by atoms with van der Waals surface area (Å²) < 4.78 is 49.6. The van der Waals surface area contributed by atoms with Gasteiger partial charge in [0.2, 0.25) is 15.9 Å². The molecule has 3 aliphatic heterocycles. The first-order chi connectivity index (χ1) is 15.9. The number of carbonyl (C=O) groups is 2. The van der Waals surface area contributed by atoms with Crippen LogP contribution in [-0.2, 0) is 19.6 Å². The van der Waals surface area contributed by atoms with E-state index in [0.717, 1.165) is 12.8 Å². The van der Waals surface area contributed by atoms with E-state index in [2.05, 4.69) is 10.1 Å². The fraction of sp³-hybridized carbons (Fsp3) is 0.909. The maximum Gasteiger partial charge on any atom is 0.327 e. The molecule has 12 heteroatoms. The number of fused-ring (bicyclic) bond motifs is 1. The lowest BCUT2D eigenvalue weighted by Gasteiger charge is -2.52. The lowest BCUT2D eigenvalue weighted by atomic mass is 9.78. The van der Waals surface area contributed by atoms with Crippen molar-refractivity contribution in [2.45, 2.75) is 62.5 Å². The normalized spacial score (nSPS) is 37.5. The molecule has 5 atom stereocenters. The average Bonchev–Trinajstić information content (AvgIpc) is 3.30. The predicted molar refractivity (Wildman–Crippen MR) is 122 cm³/mol. The van der Waals surface area contributed by atoms with Crippen molar-refractivity contribution in [3.63, 3.8) is 0 Å². The number of halogens is 1. The molecule has 3 amide bonds. The molecule has 5 aliphatic rings. The number of sulfonamides is 1. The summed E-state index contributed by atoms with van der Waals surface area (Å²) in [7, 11) is -2.04. The zero-order chi connectivity index (χ0) is 24.5. The van der Waals surface area contributed by atoms with Gasteiger partial charge in [-0.15, -0.1) is 0 Å². The highest BCUT2D eigenvalue weighted by Crippen LogP contribution is 2.42. The minimum Gasteiger partial charge on any atom is -0.380 e. The molecule has 0 radical (unpaired) electrons. The molecule has 2 aliphatic carbocycles. The smallest absolute Gasteiger partial charge is 0.327 e. The van der Waals surface area contributed by atoms with Gasteiger partial charge in [-0.2, -0.15) is 0 Å². The molecule has 0 spiro atoms. The molecule has 0 aromatic rings. The molecule has 2 saturated carbocycles. The molecule has 5 fully saturated rings. The second-order valence-electron chi connectivity index (χ2n) is 11.7. The van der Waals surface area contributed by atoms with Crippen molar-refractivity contribution in [1.82, 2.24) is 25.0 Å². The Kier molecular flexibility index (Phi) is 5.99. The Morgan fingerprint density at radius 2 is 1.91 bits per heavy atom. The van der Waals surface area contributed by atoms with E-state index >= 15 is 4.39 Å². The van der Waals surface area contributed by atoms with Gasteiger partial charge >= 0.3 is 6.03 Å². The molecule has 5 rings (SSSR count). The monoisotopic (exact) mass is 501 g/mol. The lowest BCUT2D eigenvalue weighted by Crippen LogP contribution is -2.68. The maximum absolute atomic E-state index is 15.4. The summed E-state index contributed by atoms with van der Waals surface area (Å²) in [5.41, 5.74) is 2.42. The van der Waals surface area contributed by atoms with Gasteiger partial charge in [0.15, 0.2) is 0 Å². The number of amides is 3. The number of rotatable bonds is 7. The molecular weight excluding hydrogens is 465 g/mol. The quantitative estimate of drug-likeness (QED) is 0.517. The molecule has 0 aromatic carbocycles. The summed E-state index contributed by atoms with van der Waals surface area (Å²) in [6.07, 6.45) is -0.466. The number of ether oxygens (including phenoxy) is 1. The van der Waals surface area contributed by atoms with E-state index in [0.29, 0.717) is 32.8 Å². The van der Waals surface area contributed by atoms with E-state index in [9.17, 15) is 18.0 Å². The molecule has 0 aromatic heterocycles. The van der Waals surface area contributed by atoms with Gasteiger partial charge in [0.25, 0.3) is 0 Å². The fourth-order valence-corrected chi connectivity index (χ4v) is 7.82. The first-order valence-electron chi connectivity index (χ1n) is 12.2. The number of urea groups is 1. The number of alkyl halides is 1. The number of nitrogens with one attached hydrogen (secondary N) is 2. The second-order valence-corrected chi connectivity index (χ2v) is 13.6. The van der Waals surface area contributed by atoms with E-state index in [1.165, 1.54) is 4.90 Å². The largest absolute Gasteiger partial charge is 0.380 e. The number of hydrazine groups is 1. The summed E-state index contributed by atoms with van der Waals surface area (Å²) in [6, 6.07) is -1.04. The van der Waals surface area contributed by atoms with Crippen molar-refractivity contribution in [1.29, 1.82) is 0 Å². The number of hydrogen-bond donors (Lipinski definition) is 2. The van der Waals surface area contributed by atoms with Crippen LogP contribution in [0.15, 0.2) is 0 Å². The molecule has 34 heavy (non-hydrogen) atoms. The molecule has 2 N–H and O–H groups in total. The van der Waals surface area contributed by atoms with E-state index in [1.807, 2.05) is 25.9 Å². The standard InChI is InChI=1S/C22H36FN5O5S/c1-21(12-33-13-21)11-28-17-7-16(23)18(34(31,32)25-22(2)4-5-22)6-15(17)19(29)27(20(28)30)10-14-8-24-26(3)9-14/h14-18,24-25H,4-13H2,1-3H3. The zero-order valence-corrected chi connectivity index (χ0v) is 20.9. The first kappa shape index (κ1) is 24.4. The maximum atomic E-state index is 15.4. The van der Waals surface area contributed by atoms with Crippen LogP contribution in [0.1, 0.15) is 39.5 Å². The van der Waals surface area contributed by atoms with Gasteiger partial charge in [-0.05, 0) is 26.2 Å². The van der Waals surface area contributed by atoms with Gasteiger partial charge in [-0.25, -0.2) is 27.3 Å². The zero-order valence-electron chi connectivity index (χ0n) is 20.1. The third-order valence-electron chi connectivity index (χ3n) is 8.14. The Hall–Kier alpha value is -1.34. The molecular formula is C22H36FN5O5S. The SMILES string of the molecule is CN1CC(CN2C(=O)C3CC(S(=O)(=O)NC4(C)CC4)C(F)CC3N(CC3(C)COC3)C2=O)CN1. The lowest BCUT2D eigenvalue weighted by molar-refractivity contribution is -0.148. The van der Waals surface area contributed by atoms with Crippen LogP contribution in [0.25, 0.3) is 0 Å². The van der Waals surface area contributed by atoms with Crippen molar-refractivity contribution < 1.29 is 27.1 Å². The summed E-state index contributed by atoms with van der Waals surface area (Å²) in [5, 5.41) is 0.631. The molecule has 10 nitrogen and oxygen atoms in total. The highest BCUT2D eigenvalue weighted by Gasteiger charge is 2.56. The highest BCUT2D eigenvalue weighted by molar-refractivity contribution is 7.90. The topological polar surface area (TPSA) is 111 Å². The van der Waals surface area contributed by atoms with Crippen molar-refractivity contribution in [3.8, 4) is 0 Å². The van der Waals surface area contributed by atoms with Crippen LogP contribution in [0, 0.1) is 17.3 Å². The van der Waals surface area contributed by atoms with E-state index in [1.54, 1.807) is 4.90 Å². The van der Waals surface area contributed by atoms with Gasteiger partial charge < -0.3 is 9.64 Å². The van der Waals surface area contributed by atoms with E-state index in [4.69, 9.17) is 4.74 Å². The molecule has 3 heterocycles. The minimum absolute atomic E-state index is 0.0763. The van der Waals surface area contributed by atoms with Gasteiger partial charge in [-0.3, -0.25) is 15.1 Å². The summed E-state index contributed by atoms with van der Waals surface area (Å²) >= 11 is 0. The van der Waals surface area contributed by atoms with Crippen LogP contribution in [0.2, 0.25) is 0 Å². The first-order valence-corrected chi connectivity index (χ1v) is 13.8. The molecule has 3 saturated heterocycles. The van der Waals surface area contributed by atoms with Crippen molar-refractivity contribution in [3.05, 3.63) is 0 Å². The van der Waals surface area contributed by atoms with E-state index < -0.39 is 45.0 Å². The van der Waals surface area contributed by atoms with Crippen LogP contribution < -0.4 is 10.1 Å². The number of carbonyl (C=O) groups excluding carboxylic acids is 2. The Morgan fingerprint density at radius 1 is 1.21 bits per heavy atom. The van der Waals surface area contributed by atoms with Crippen LogP contribution in [0.3, 0.4) is 0 Å². The third-order valence-corrected chi connectivity index (χ3v) is 10.2. The number of hydrogen-bond acceptors (Lipinski definition) is 7. The van der Waals surface area contributed by atoms with Crippen LogP contribution in [0.5, 0.6) is 0 Å². The summed E-state index contributed by atoms with van der Waals surface area (Å²) in [4.78, 5) is 30.1. The fourth-order valence-electron chi connectivity index (χ4n) is 5.82. The summed E-state index contributed by atoms with van der Waals surface area (Å²) in [6.45, 7) is 6.79. The third kappa shape index (κ3) is 4.47. The predicted octanol–water partition coefficient (Wildman–Crippen LogP) is 0.311. The molecule has 192 valence electrons. The Bertz CT molecular complexity index is 955. The Labute approximate surface area is 200 Å². The highest BCUT2D eigenvalue weighted by atomic mass is 32.2. The van der Waals surface area contributed by atoms with Gasteiger partial charge in [0.05, 0.1) is 19.1 Å². The average molecular weight is 502 g/mol. The van der Waals surface area contributed by atoms with E-state index in [-0.39, 0.29) is 36.6 Å². The second kappa shape index (κ2) is 8.36. The van der Waals surface area contributed by atoms with Gasteiger partial charge in [0.1, 0.15) is 11.4 Å².